The highest BCUT2D eigenvalue weighted by Gasteiger charge is 2.25. The zero-order valence-corrected chi connectivity index (χ0v) is 16.4. The minimum Gasteiger partial charge on any atom is -0.335 e. The Kier molecular flexibility index (Phi) is 5.77. The molecule has 1 aromatic carbocycles. The first-order valence-corrected chi connectivity index (χ1v) is 9.66. The molecule has 1 amide bonds. The van der Waals surface area contributed by atoms with Crippen molar-refractivity contribution in [1.29, 1.82) is 0 Å². The number of nitrogens with zero attached hydrogens (tertiary/aromatic N) is 3. The highest BCUT2D eigenvalue weighted by Crippen LogP contribution is 2.23. The monoisotopic (exact) mass is 354 g/mol. The molecule has 0 aliphatic carbocycles. The Morgan fingerprint density at radius 3 is 2.58 bits per heavy atom. The van der Waals surface area contributed by atoms with Crippen LogP contribution in [-0.2, 0) is 0 Å². The van der Waals surface area contributed by atoms with E-state index in [-0.39, 0.29) is 5.91 Å². The maximum atomic E-state index is 12.8. The van der Waals surface area contributed by atoms with Crippen LogP contribution in [0.5, 0.6) is 0 Å². The first-order valence-electron chi connectivity index (χ1n) is 9.66. The van der Waals surface area contributed by atoms with Crippen molar-refractivity contribution in [3.05, 3.63) is 41.1 Å². The summed E-state index contributed by atoms with van der Waals surface area (Å²) in [6.07, 6.45) is 2.42. The van der Waals surface area contributed by atoms with Crippen LogP contribution < -0.4 is 0 Å². The van der Waals surface area contributed by atoms with Crippen LogP contribution in [-0.4, -0.2) is 58.1 Å². The minimum absolute atomic E-state index is 0.0521. The van der Waals surface area contributed by atoms with Crippen molar-refractivity contribution in [3.8, 4) is 11.3 Å². The predicted octanol–water partition coefficient (Wildman–Crippen LogP) is 3.64. The van der Waals surface area contributed by atoms with Gasteiger partial charge in [-0.25, -0.2) is 0 Å². The lowest BCUT2D eigenvalue weighted by molar-refractivity contribution is 0.0569. The van der Waals surface area contributed by atoms with E-state index in [1.54, 1.807) is 0 Å². The van der Waals surface area contributed by atoms with Crippen molar-refractivity contribution >= 4 is 5.91 Å². The quantitative estimate of drug-likeness (QED) is 0.892. The summed E-state index contributed by atoms with van der Waals surface area (Å²) in [6, 6.07) is 8.77. The first kappa shape index (κ1) is 18.6. The second-order valence-corrected chi connectivity index (χ2v) is 7.45. The number of nitrogens with one attached hydrogen (secondary N) is 1. The lowest BCUT2D eigenvalue weighted by atomic mass is 10.0. The topological polar surface area (TPSA) is 52.2 Å². The van der Waals surface area contributed by atoms with Crippen LogP contribution in [0.4, 0.5) is 0 Å². The molecule has 1 atom stereocenters. The lowest BCUT2D eigenvalue weighted by Gasteiger charge is -2.37. The van der Waals surface area contributed by atoms with Gasteiger partial charge in [-0.3, -0.25) is 14.8 Å². The molecule has 0 bridgehead atoms. The van der Waals surface area contributed by atoms with Gasteiger partial charge in [0.1, 0.15) is 5.69 Å². The normalized spacial score (nSPS) is 16.7. The third-order valence-corrected chi connectivity index (χ3v) is 5.40. The Morgan fingerprint density at radius 2 is 1.92 bits per heavy atom. The van der Waals surface area contributed by atoms with Crippen LogP contribution in [0.25, 0.3) is 11.3 Å². The van der Waals surface area contributed by atoms with Crippen LogP contribution in [0.3, 0.4) is 0 Å². The smallest absolute Gasteiger partial charge is 0.271 e. The molecule has 2 aromatic rings. The third-order valence-electron chi connectivity index (χ3n) is 5.40. The summed E-state index contributed by atoms with van der Waals surface area (Å²) >= 11 is 0. The summed E-state index contributed by atoms with van der Waals surface area (Å²) in [5.41, 5.74) is 4.89. The first-order chi connectivity index (χ1) is 12.5. The number of benzene rings is 1. The van der Waals surface area contributed by atoms with Gasteiger partial charge in [-0.05, 0) is 38.8 Å². The van der Waals surface area contributed by atoms with Crippen molar-refractivity contribution in [3.63, 3.8) is 0 Å². The number of aromatic amines is 1. The molecular formula is C21H30N4O. The lowest BCUT2D eigenvalue weighted by Crippen LogP contribution is -2.51. The summed E-state index contributed by atoms with van der Waals surface area (Å²) < 4.78 is 0. The van der Waals surface area contributed by atoms with Gasteiger partial charge >= 0.3 is 0 Å². The van der Waals surface area contributed by atoms with Crippen molar-refractivity contribution < 1.29 is 4.79 Å². The van der Waals surface area contributed by atoms with Gasteiger partial charge in [0.2, 0.25) is 0 Å². The van der Waals surface area contributed by atoms with E-state index in [1.807, 2.05) is 11.0 Å². The van der Waals surface area contributed by atoms with Gasteiger partial charge in [0.05, 0.1) is 5.69 Å². The molecule has 26 heavy (non-hydrogen) atoms. The van der Waals surface area contributed by atoms with Gasteiger partial charge in [-0.2, -0.15) is 5.10 Å². The summed E-state index contributed by atoms with van der Waals surface area (Å²) in [5.74, 6) is 0.0521. The molecule has 1 aliphatic rings. The molecule has 0 saturated carbocycles. The van der Waals surface area contributed by atoms with Crippen molar-refractivity contribution in [2.24, 2.45) is 0 Å². The van der Waals surface area contributed by atoms with Crippen LogP contribution in [0, 0.1) is 13.8 Å². The van der Waals surface area contributed by atoms with Crippen molar-refractivity contribution in [1.82, 2.24) is 20.0 Å². The molecule has 1 aliphatic heterocycles. The van der Waals surface area contributed by atoms with Crippen molar-refractivity contribution in [2.45, 2.75) is 46.6 Å². The van der Waals surface area contributed by atoms with E-state index in [0.717, 1.165) is 37.4 Å². The van der Waals surface area contributed by atoms with E-state index in [4.69, 9.17) is 0 Å². The maximum absolute atomic E-state index is 12.8. The Balaban J connectivity index is 1.66. The number of rotatable bonds is 5. The molecule has 0 radical (unpaired) electrons. The molecule has 1 N–H and O–H groups in total. The van der Waals surface area contributed by atoms with Crippen LogP contribution in [0.15, 0.2) is 24.3 Å². The van der Waals surface area contributed by atoms with Gasteiger partial charge in [0, 0.05) is 37.8 Å². The zero-order chi connectivity index (χ0) is 18.7. The average molecular weight is 354 g/mol. The fourth-order valence-electron chi connectivity index (χ4n) is 3.81. The highest BCUT2D eigenvalue weighted by atomic mass is 16.2. The Morgan fingerprint density at radius 1 is 1.19 bits per heavy atom. The van der Waals surface area contributed by atoms with Crippen molar-refractivity contribution in [2.75, 3.05) is 26.2 Å². The summed E-state index contributed by atoms with van der Waals surface area (Å²) in [7, 11) is 0. The van der Waals surface area contributed by atoms with E-state index < -0.39 is 0 Å². The number of piperazine rings is 1. The fourth-order valence-corrected chi connectivity index (χ4v) is 3.81. The van der Waals surface area contributed by atoms with Gasteiger partial charge in [0.25, 0.3) is 5.91 Å². The second kappa shape index (κ2) is 8.04. The third kappa shape index (κ3) is 3.98. The molecule has 0 spiro atoms. The second-order valence-electron chi connectivity index (χ2n) is 7.45. The molecule has 1 aromatic heterocycles. The molecule has 140 valence electrons. The number of amides is 1. The van der Waals surface area contributed by atoms with Crippen LogP contribution in [0.1, 0.15) is 48.3 Å². The van der Waals surface area contributed by atoms with Gasteiger partial charge in [0.15, 0.2) is 0 Å². The van der Waals surface area contributed by atoms with E-state index >= 15 is 0 Å². The van der Waals surface area contributed by atoms with Gasteiger partial charge in [-0.1, -0.05) is 37.1 Å². The van der Waals surface area contributed by atoms with Crippen LogP contribution >= 0.6 is 0 Å². The largest absolute Gasteiger partial charge is 0.335 e. The number of hydrogen-bond donors (Lipinski definition) is 1. The number of aryl methyl sites for hydroxylation is 2. The number of H-pyrrole nitrogens is 1. The number of aromatic nitrogens is 2. The minimum atomic E-state index is 0.0521. The van der Waals surface area contributed by atoms with E-state index in [2.05, 4.69) is 61.0 Å². The maximum Gasteiger partial charge on any atom is 0.271 e. The summed E-state index contributed by atoms with van der Waals surface area (Å²) in [5, 5.41) is 7.32. The Hall–Kier alpha value is -2.14. The number of carbonyl (C=O) groups is 1. The zero-order valence-electron chi connectivity index (χ0n) is 16.4. The molecular weight excluding hydrogens is 324 g/mol. The molecule has 5 heteroatoms. The van der Waals surface area contributed by atoms with Gasteiger partial charge in [-0.15, -0.1) is 0 Å². The SMILES string of the molecule is CCCC(C)N1CCN(C(=O)c2cc(-c3ccc(C)cc3C)n[nH]2)CC1. The molecule has 1 unspecified atom stereocenters. The molecule has 1 saturated heterocycles. The highest BCUT2D eigenvalue weighted by molar-refractivity contribution is 5.93. The van der Waals surface area contributed by atoms with E-state index in [0.29, 0.717) is 11.7 Å². The number of carbonyl (C=O) groups excluding carboxylic acids is 1. The average Bonchev–Trinajstić information content (AvgIpc) is 3.11. The van der Waals surface area contributed by atoms with Gasteiger partial charge < -0.3 is 4.90 Å². The summed E-state index contributed by atoms with van der Waals surface area (Å²) in [4.78, 5) is 17.2. The summed E-state index contributed by atoms with van der Waals surface area (Å²) in [6.45, 7) is 12.1. The van der Waals surface area contributed by atoms with E-state index in [9.17, 15) is 4.79 Å². The molecule has 2 heterocycles. The number of hydrogen-bond acceptors (Lipinski definition) is 3. The van der Waals surface area contributed by atoms with Crippen LogP contribution in [0.2, 0.25) is 0 Å². The molecule has 1 fully saturated rings. The Bertz CT molecular complexity index is 759. The van der Waals surface area contributed by atoms with E-state index in [1.165, 1.54) is 24.0 Å². The predicted molar refractivity (Wildman–Crippen MR) is 105 cm³/mol. The molecule has 3 rings (SSSR count). The fraction of sp³-hybridized carbons (Fsp3) is 0.524. The molecule has 5 nitrogen and oxygen atoms in total. The Labute approximate surface area is 156 Å². The standard InChI is InChI=1S/C21H30N4O/c1-5-6-17(4)24-9-11-25(12-10-24)21(26)20-14-19(22-23-20)18-8-7-15(2)13-16(18)3/h7-8,13-14,17H,5-6,9-12H2,1-4H3,(H,22,23).